The van der Waals surface area contributed by atoms with Crippen LogP contribution < -0.4 is 4.90 Å². The van der Waals surface area contributed by atoms with Gasteiger partial charge >= 0.3 is 12.1 Å². The molecule has 0 spiro atoms. The number of hydrogen-bond donors (Lipinski definition) is 0. The standard InChI is InChI=1S/C19H14F3N3O2/c20-19(21,22)18-23-16(24-27-18)13-7-9-14(10-8-13)17(26)25-11-3-5-12-4-1-2-6-15(12)25/h1-2,4,6-10H,3,5,11H2. The largest absolute Gasteiger partial charge is 0.471 e. The lowest BCUT2D eigenvalue weighted by molar-refractivity contribution is -0.159. The molecule has 0 aliphatic carbocycles. The Labute approximate surface area is 152 Å². The van der Waals surface area contributed by atoms with E-state index in [-0.39, 0.29) is 11.7 Å². The van der Waals surface area contributed by atoms with E-state index in [0.717, 1.165) is 24.1 Å². The molecule has 2 heterocycles. The fraction of sp³-hybridized carbons (Fsp3) is 0.211. The summed E-state index contributed by atoms with van der Waals surface area (Å²) >= 11 is 0. The van der Waals surface area contributed by atoms with Crippen LogP contribution >= 0.6 is 0 Å². The number of carbonyl (C=O) groups excluding carboxylic acids is 1. The molecule has 0 unspecified atom stereocenters. The maximum Gasteiger partial charge on any atom is 0.471 e. The third-order valence-electron chi connectivity index (χ3n) is 4.41. The minimum atomic E-state index is -4.69. The van der Waals surface area contributed by atoms with Crippen LogP contribution in [0.25, 0.3) is 11.4 Å². The summed E-state index contributed by atoms with van der Waals surface area (Å²) in [5.74, 6) is -1.73. The molecule has 0 N–H and O–H groups in total. The highest BCUT2D eigenvalue weighted by Crippen LogP contribution is 2.30. The van der Waals surface area contributed by atoms with Crippen LogP contribution in [0.2, 0.25) is 0 Å². The highest BCUT2D eigenvalue weighted by molar-refractivity contribution is 6.06. The number of amides is 1. The molecule has 5 nitrogen and oxygen atoms in total. The van der Waals surface area contributed by atoms with Crippen molar-refractivity contribution in [2.24, 2.45) is 0 Å². The number of halogens is 3. The second-order valence-electron chi connectivity index (χ2n) is 6.19. The highest BCUT2D eigenvalue weighted by atomic mass is 19.4. The van der Waals surface area contributed by atoms with Crippen molar-refractivity contribution in [2.45, 2.75) is 19.0 Å². The van der Waals surface area contributed by atoms with Crippen LogP contribution in [0.1, 0.15) is 28.2 Å². The normalized spacial score (nSPS) is 14.1. The first-order valence-corrected chi connectivity index (χ1v) is 8.34. The molecule has 0 fully saturated rings. The summed E-state index contributed by atoms with van der Waals surface area (Å²) in [5, 5.41) is 3.35. The van der Waals surface area contributed by atoms with Gasteiger partial charge in [0.25, 0.3) is 5.91 Å². The molecule has 4 rings (SSSR count). The Morgan fingerprint density at radius 1 is 1.07 bits per heavy atom. The molecule has 1 aliphatic heterocycles. The molecule has 1 aromatic heterocycles. The average Bonchev–Trinajstić information content (AvgIpc) is 3.18. The van der Waals surface area contributed by atoms with Crippen molar-refractivity contribution >= 4 is 11.6 Å². The predicted octanol–water partition coefficient (Wildman–Crippen LogP) is 4.35. The zero-order chi connectivity index (χ0) is 19.0. The number of rotatable bonds is 2. The first-order chi connectivity index (χ1) is 12.9. The number of para-hydroxylation sites is 1. The molecule has 3 aromatic rings. The van der Waals surface area contributed by atoms with E-state index in [0.29, 0.717) is 17.7 Å². The van der Waals surface area contributed by atoms with Crippen molar-refractivity contribution in [2.75, 3.05) is 11.4 Å². The zero-order valence-corrected chi connectivity index (χ0v) is 14.0. The Balaban J connectivity index is 1.58. The van der Waals surface area contributed by atoms with E-state index in [1.165, 1.54) is 12.1 Å². The lowest BCUT2D eigenvalue weighted by Gasteiger charge is -2.29. The van der Waals surface area contributed by atoms with Gasteiger partial charge in [-0.15, -0.1) is 0 Å². The van der Waals surface area contributed by atoms with Crippen molar-refractivity contribution in [3.05, 3.63) is 65.5 Å². The molecule has 2 aromatic carbocycles. The highest BCUT2D eigenvalue weighted by Gasteiger charge is 2.38. The number of anilines is 1. The Hall–Kier alpha value is -3.16. The number of alkyl halides is 3. The van der Waals surface area contributed by atoms with Gasteiger partial charge in [0.15, 0.2) is 0 Å². The molecule has 0 saturated heterocycles. The fourth-order valence-electron chi connectivity index (χ4n) is 3.12. The summed E-state index contributed by atoms with van der Waals surface area (Å²) < 4.78 is 41.9. The second kappa shape index (κ2) is 6.53. The quantitative estimate of drug-likeness (QED) is 0.670. The van der Waals surface area contributed by atoms with Gasteiger partial charge in [0.2, 0.25) is 5.82 Å². The lowest BCUT2D eigenvalue weighted by Crippen LogP contribution is -2.35. The number of aromatic nitrogens is 2. The van der Waals surface area contributed by atoms with Gasteiger partial charge in [0.05, 0.1) is 0 Å². The van der Waals surface area contributed by atoms with Gasteiger partial charge in [-0.25, -0.2) is 0 Å². The van der Waals surface area contributed by atoms with Crippen LogP contribution in [-0.2, 0) is 12.6 Å². The summed E-state index contributed by atoms with van der Waals surface area (Å²) in [4.78, 5) is 17.9. The average molecular weight is 373 g/mol. The van der Waals surface area contributed by atoms with E-state index in [2.05, 4.69) is 14.7 Å². The van der Waals surface area contributed by atoms with Gasteiger partial charge in [0, 0.05) is 23.4 Å². The zero-order valence-electron chi connectivity index (χ0n) is 14.0. The molecular weight excluding hydrogens is 359 g/mol. The maximum atomic E-state index is 12.9. The predicted molar refractivity (Wildman–Crippen MR) is 91.2 cm³/mol. The monoisotopic (exact) mass is 373 g/mol. The molecule has 27 heavy (non-hydrogen) atoms. The van der Waals surface area contributed by atoms with Crippen LogP contribution in [0.5, 0.6) is 0 Å². The van der Waals surface area contributed by atoms with Crippen LogP contribution in [-0.4, -0.2) is 22.6 Å². The molecule has 0 bridgehead atoms. The van der Waals surface area contributed by atoms with Crippen LogP contribution in [0.15, 0.2) is 53.1 Å². The number of hydrogen-bond acceptors (Lipinski definition) is 4. The molecule has 138 valence electrons. The van der Waals surface area contributed by atoms with Crippen molar-refractivity contribution in [3.63, 3.8) is 0 Å². The van der Waals surface area contributed by atoms with Crippen molar-refractivity contribution in [1.82, 2.24) is 10.1 Å². The van der Waals surface area contributed by atoms with E-state index < -0.39 is 12.1 Å². The second-order valence-corrected chi connectivity index (χ2v) is 6.19. The number of fused-ring (bicyclic) bond motifs is 1. The minimum Gasteiger partial charge on any atom is -0.329 e. The van der Waals surface area contributed by atoms with E-state index in [1.54, 1.807) is 17.0 Å². The molecule has 0 saturated carbocycles. The van der Waals surface area contributed by atoms with Crippen LogP contribution in [0.4, 0.5) is 18.9 Å². The number of nitrogens with zero attached hydrogens (tertiary/aromatic N) is 3. The summed E-state index contributed by atoms with van der Waals surface area (Å²) in [6.45, 7) is 0.622. The molecular formula is C19H14F3N3O2. The van der Waals surface area contributed by atoms with Crippen LogP contribution in [0, 0.1) is 0 Å². The molecule has 1 aliphatic rings. The van der Waals surface area contributed by atoms with E-state index in [4.69, 9.17) is 0 Å². The molecule has 0 atom stereocenters. The Bertz CT molecular complexity index is 980. The maximum absolute atomic E-state index is 12.9. The van der Waals surface area contributed by atoms with E-state index in [9.17, 15) is 18.0 Å². The summed E-state index contributed by atoms with van der Waals surface area (Å²) in [5.41, 5.74) is 2.80. The van der Waals surface area contributed by atoms with Gasteiger partial charge in [-0.05, 0) is 36.6 Å². The van der Waals surface area contributed by atoms with Crippen molar-refractivity contribution in [3.8, 4) is 11.4 Å². The van der Waals surface area contributed by atoms with Crippen molar-refractivity contribution < 1.29 is 22.5 Å². The van der Waals surface area contributed by atoms with E-state index in [1.807, 2.05) is 24.3 Å². The summed E-state index contributed by atoms with van der Waals surface area (Å²) in [6.07, 6.45) is -2.88. The third-order valence-corrected chi connectivity index (χ3v) is 4.41. The molecule has 1 amide bonds. The van der Waals surface area contributed by atoms with Gasteiger partial charge in [0.1, 0.15) is 0 Å². The SMILES string of the molecule is O=C(c1ccc(-c2noc(C(F)(F)F)n2)cc1)N1CCCc2ccccc21. The van der Waals surface area contributed by atoms with Crippen LogP contribution in [0.3, 0.4) is 0 Å². The first-order valence-electron chi connectivity index (χ1n) is 8.34. The minimum absolute atomic E-state index is 0.155. The summed E-state index contributed by atoms with van der Waals surface area (Å²) in [7, 11) is 0. The smallest absolute Gasteiger partial charge is 0.329 e. The van der Waals surface area contributed by atoms with Gasteiger partial charge in [-0.3, -0.25) is 4.79 Å². The Morgan fingerprint density at radius 2 is 1.81 bits per heavy atom. The lowest BCUT2D eigenvalue weighted by atomic mass is 10.0. The Kier molecular flexibility index (Phi) is 4.18. The number of benzene rings is 2. The fourth-order valence-corrected chi connectivity index (χ4v) is 3.12. The first kappa shape index (κ1) is 17.3. The topological polar surface area (TPSA) is 59.2 Å². The Morgan fingerprint density at radius 3 is 2.52 bits per heavy atom. The number of carbonyl (C=O) groups is 1. The molecule has 0 radical (unpaired) electrons. The van der Waals surface area contributed by atoms with Gasteiger partial charge in [-0.1, -0.05) is 35.5 Å². The van der Waals surface area contributed by atoms with Gasteiger partial charge < -0.3 is 9.42 Å². The summed E-state index contributed by atoms with van der Waals surface area (Å²) in [6, 6.07) is 13.9. The van der Waals surface area contributed by atoms with Gasteiger partial charge in [-0.2, -0.15) is 18.2 Å². The van der Waals surface area contributed by atoms with Crippen molar-refractivity contribution in [1.29, 1.82) is 0 Å². The third kappa shape index (κ3) is 3.30. The van der Waals surface area contributed by atoms with E-state index >= 15 is 0 Å². The number of aryl methyl sites for hydroxylation is 1. The molecule has 8 heteroatoms.